The molecular formula is C28H25Cl2N3O3. The van der Waals surface area contributed by atoms with Crippen molar-refractivity contribution in [2.45, 2.75) is 32.9 Å². The SMILES string of the molecule is CCCOc1cccc(C2c3c(-c4cc(Cl)c(C)cc4O)n[nH]c3C(=O)N2Cc2ccccc2Cl)c1. The number of nitrogens with one attached hydrogen (secondary N) is 1. The number of phenolic OH excluding ortho intramolecular Hbond substituents is 1. The number of nitrogens with zero attached hydrogens (tertiary/aromatic N) is 2. The lowest BCUT2D eigenvalue weighted by Gasteiger charge is -2.27. The van der Waals surface area contributed by atoms with Crippen LogP contribution in [0.2, 0.25) is 10.0 Å². The van der Waals surface area contributed by atoms with Crippen LogP contribution in [0.3, 0.4) is 0 Å². The van der Waals surface area contributed by atoms with Crippen molar-refractivity contribution in [3.05, 3.63) is 98.7 Å². The zero-order valence-electron chi connectivity index (χ0n) is 19.9. The molecule has 1 unspecified atom stereocenters. The maximum atomic E-state index is 13.7. The molecule has 1 aliphatic rings. The Bertz CT molecular complexity index is 1450. The van der Waals surface area contributed by atoms with Gasteiger partial charge in [0, 0.05) is 27.7 Å². The molecule has 5 rings (SSSR count). The van der Waals surface area contributed by atoms with Crippen LogP contribution in [0.15, 0.2) is 60.7 Å². The summed E-state index contributed by atoms with van der Waals surface area (Å²) in [6.07, 6.45) is 0.883. The van der Waals surface area contributed by atoms with Gasteiger partial charge in [-0.25, -0.2) is 0 Å². The number of fused-ring (bicyclic) bond motifs is 1. The fraction of sp³-hybridized carbons (Fsp3) is 0.214. The minimum atomic E-state index is -0.484. The molecule has 0 aliphatic carbocycles. The molecule has 1 aliphatic heterocycles. The summed E-state index contributed by atoms with van der Waals surface area (Å²) in [5, 5.41) is 19.2. The largest absolute Gasteiger partial charge is 0.507 e. The predicted octanol–water partition coefficient (Wildman–Crippen LogP) is 6.93. The van der Waals surface area contributed by atoms with E-state index in [1.54, 1.807) is 17.0 Å². The molecule has 0 saturated carbocycles. The van der Waals surface area contributed by atoms with Crippen LogP contribution in [-0.4, -0.2) is 32.7 Å². The molecule has 4 aromatic rings. The number of aromatic nitrogens is 2. The topological polar surface area (TPSA) is 78.5 Å². The van der Waals surface area contributed by atoms with Gasteiger partial charge in [-0.15, -0.1) is 0 Å². The second-order valence-electron chi connectivity index (χ2n) is 8.83. The third kappa shape index (κ3) is 4.31. The zero-order valence-corrected chi connectivity index (χ0v) is 21.4. The van der Waals surface area contributed by atoms with Crippen LogP contribution in [0.4, 0.5) is 0 Å². The Hall–Kier alpha value is -3.48. The second-order valence-corrected chi connectivity index (χ2v) is 9.64. The van der Waals surface area contributed by atoms with Gasteiger partial charge in [-0.1, -0.05) is 60.5 Å². The number of amides is 1. The van der Waals surface area contributed by atoms with Crippen LogP contribution in [0.5, 0.6) is 11.5 Å². The molecule has 0 saturated heterocycles. The van der Waals surface area contributed by atoms with Gasteiger partial charge in [0.05, 0.1) is 12.6 Å². The summed E-state index contributed by atoms with van der Waals surface area (Å²) in [5.74, 6) is 0.562. The molecule has 1 aromatic heterocycles. The van der Waals surface area contributed by atoms with E-state index < -0.39 is 6.04 Å². The van der Waals surface area contributed by atoms with Gasteiger partial charge in [0.15, 0.2) is 0 Å². The van der Waals surface area contributed by atoms with Gasteiger partial charge < -0.3 is 14.7 Å². The number of aryl methyl sites for hydroxylation is 1. The Kier molecular flexibility index (Phi) is 6.65. The molecule has 2 heterocycles. The Labute approximate surface area is 219 Å². The van der Waals surface area contributed by atoms with Crippen molar-refractivity contribution in [2.24, 2.45) is 0 Å². The van der Waals surface area contributed by atoms with Gasteiger partial charge in [-0.2, -0.15) is 5.10 Å². The number of aromatic hydroxyl groups is 1. The van der Waals surface area contributed by atoms with E-state index in [2.05, 4.69) is 10.2 Å². The Morgan fingerprint density at radius 3 is 2.67 bits per heavy atom. The Morgan fingerprint density at radius 2 is 1.89 bits per heavy atom. The van der Waals surface area contributed by atoms with Crippen LogP contribution < -0.4 is 4.74 Å². The van der Waals surface area contributed by atoms with Crippen molar-refractivity contribution in [1.82, 2.24) is 15.1 Å². The molecule has 2 N–H and O–H groups in total. The first-order valence-corrected chi connectivity index (χ1v) is 12.5. The van der Waals surface area contributed by atoms with Crippen LogP contribution in [0.25, 0.3) is 11.3 Å². The Balaban J connectivity index is 1.67. The quantitative estimate of drug-likeness (QED) is 0.276. The summed E-state index contributed by atoms with van der Waals surface area (Å²) in [6, 6.07) is 18.0. The first-order chi connectivity index (χ1) is 17.4. The van der Waals surface area contributed by atoms with Crippen molar-refractivity contribution in [3.63, 3.8) is 0 Å². The molecule has 184 valence electrons. The lowest BCUT2D eigenvalue weighted by molar-refractivity contribution is 0.0730. The maximum absolute atomic E-state index is 13.7. The highest BCUT2D eigenvalue weighted by molar-refractivity contribution is 6.32. The van der Waals surface area contributed by atoms with Crippen molar-refractivity contribution in [2.75, 3.05) is 6.61 Å². The predicted molar refractivity (Wildman–Crippen MR) is 141 cm³/mol. The van der Waals surface area contributed by atoms with Gasteiger partial charge in [-0.05, 0) is 60.4 Å². The molecule has 0 radical (unpaired) electrons. The molecule has 1 amide bonds. The number of rotatable bonds is 7. The summed E-state index contributed by atoms with van der Waals surface area (Å²) in [6.45, 7) is 4.76. The molecule has 6 nitrogen and oxygen atoms in total. The number of hydrogen-bond donors (Lipinski definition) is 2. The summed E-state index contributed by atoms with van der Waals surface area (Å²) in [4.78, 5) is 15.5. The number of aromatic amines is 1. The molecule has 0 fully saturated rings. The van der Waals surface area contributed by atoms with Gasteiger partial charge >= 0.3 is 0 Å². The monoisotopic (exact) mass is 521 g/mol. The van der Waals surface area contributed by atoms with Crippen molar-refractivity contribution < 1.29 is 14.6 Å². The van der Waals surface area contributed by atoms with E-state index in [1.165, 1.54) is 0 Å². The van der Waals surface area contributed by atoms with Crippen molar-refractivity contribution in [1.29, 1.82) is 0 Å². The maximum Gasteiger partial charge on any atom is 0.273 e. The molecule has 8 heteroatoms. The minimum Gasteiger partial charge on any atom is -0.507 e. The van der Waals surface area contributed by atoms with Crippen LogP contribution >= 0.6 is 23.2 Å². The summed E-state index contributed by atoms with van der Waals surface area (Å²) >= 11 is 12.9. The highest BCUT2D eigenvalue weighted by Crippen LogP contribution is 2.46. The molecule has 3 aromatic carbocycles. The fourth-order valence-corrected chi connectivity index (χ4v) is 4.93. The average molecular weight is 522 g/mol. The highest BCUT2D eigenvalue weighted by Gasteiger charge is 2.43. The second kappa shape index (κ2) is 9.88. The number of halogens is 2. The van der Waals surface area contributed by atoms with Gasteiger partial charge in [0.2, 0.25) is 0 Å². The normalized spacial score (nSPS) is 14.8. The first-order valence-electron chi connectivity index (χ1n) is 11.7. The number of carbonyl (C=O) groups excluding carboxylic acids is 1. The first kappa shape index (κ1) is 24.2. The zero-order chi connectivity index (χ0) is 25.4. The number of ether oxygens (including phenoxy) is 1. The van der Waals surface area contributed by atoms with Crippen molar-refractivity contribution >= 4 is 29.1 Å². The van der Waals surface area contributed by atoms with Crippen LogP contribution in [-0.2, 0) is 6.54 Å². The van der Waals surface area contributed by atoms with Crippen LogP contribution in [0.1, 0.15) is 52.1 Å². The van der Waals surface area contributed by atoms with E-state index >= 15 is 0 Å². The van der Waals surface area contributed by atoms with Gasteiger partial charge in [0.1, 0.15) is 22.9 Å². The number of benzene rings is 3. The van der Waals surface area contributed by atoms with Crippen LogP contribution in [0, 0.1) is 6.92 Å². The van der Waals surface area contributed by atoms with E-state index in [1.807, 2.05) is 62.4 Å². The van der Waals surface area contributed by atoms with E-state index in [0.29, 0.717) is 45.7 Å². The molecular weight excluding hydrogens is 497 g/mol. The lowest BCUT2D eigenvalue weighted by atomic mass is 9.95. The van der Waals surface area contributed by atoms with E-state index in [4.69, 9.17) is 27.9 Å². The summed E-state index contributed by atoms with van der Waals surface area (Å²) < 4.78 is 5.88. The van der Waals surface area contributed by atoms with E-state index in [-0.39, 0.29) is 11.7 Å². The van der Waals surface area contributed by atoms with Gasteiger partial charge in [-0.3, -0.25) is 9.89 Å². The molecule has 36 heavy (non-hydrogen) atoms. The van der Waals surface area contributed by atoms with E-state index in [9.17, 15) is 9.90 Å². The number of carbonyl (C=O) groups is 1. The Morgan fingerprint density at radius 1 is 1.08 bits per heavy atom. The fourth-order valence-electron chi connectivity index (χ4n) is 4.57. The third-order valence-corrected chi connectivity index (χ3v) is 7.12. The minimum absolute atomic E-state index is 0.0435. The molecule has 1 atom stereocenters. The molecule has 0 spiro atoms. The number of phenols is 1. The standard InChI is InChI=1S/C28H25Cl2N3O3/c1-3-11-36-19-9-6-8-17(13-19)27-24-25(20-14-22(30)16(2)12-23(20)34)31-32-26(24)28(35)33(27)15-18-7-4-5-10-21(18)29/h4-10,12-14,27,34H,3,11,15H2,1-2H3,(H,31,32). The van der Waals surface area contributed by atoms with Gasteiger partial charge in [0.25, 0.3) is 5.91 Å². The summed E-state index contributed by atoms with van der Waals surface area (Å²) in [5.41, 5.74) is 4.43. The van der Waals surface area contributed by atoms with Crippen molar-refractivity contribution in [3.8, 4) is 22.8 Å². The number of H-pyrrole nitrogens is 1. The lowest BCUT2D eigenvalue weighted by Crippen LogP contribution is -2.29. The summed E-state index contributed by atoms with van der Waals surface area (Å²) in [7, 11) is 0. The highest BCUT2D eigenvalue weighted by atomic mass is 35.5. The van der Waals surface area contributed by atoms with E-state index in [0.717, 1.165) is 28.9 Å². The molecule has 0 bridgehead atoms. The number of hydrogen-bond acceptors (Lipinski definition) is 4. The smallest absolute Gasteiger partial charge is 0.273 e. The third-order valence-electron chi connectivity index (χ3n) is 6.34. The average Bonchev–Trinajstić information content (AvgIpc) is 3.40.